The van der Waals surface area contributed by atoms with Crippen LogP contribution in [0.2, 0.25) is 0 Å². The highest BCUT2D eigenvalue weighted by Gasteiger charge is 2.47. The number of fused-ring (bicyclic) bond motifs is 1. The van der Waals surface area contributed by atoms with E-state index in [9.17, 15) is 10.2 Å². The van der Waals surface area contributed by atoms with Crippen molar-refractivity contribution in [2.45, 2.75) is 43.8 Å². The number of aliphatic hydroxyl groups excluding tert-OH is 2. The smallest absolute Gasteiger partial charge is 0.226 e. The highest BCUT2D eigenvalue weighted by molar-refractivity contribution is 5.84. The Labute approximate surface area is 242 Å². The highest BCUT2D eigenvalue weighted by atomic mass is 16.6. The van der Waals surface area contributed by atoms with Gasteiger partial charge in [-0.15, -0.1) is 0 Å². The molecule has 1 aliphatic heterocycles. The molecule has 0 amide bonds. The Morgan fingerprint density at radius 1 is 0.976 bits per heavy atom. The average molecular weight is 571 g/mol. The summed E-state index contributed by atoms with van der Waals surface area (Å²) in [6, 6.07) is 22.3. The zero-order valence-electron chi connectivity index (χ0n) is 23.2. The van der Waals surface area contributed by atoms with Gasteiger partial charge < -0.3 is 35.8 Å². The van der Waals surface area contributed by atoms with Gasteiger partial charge >= 0.3 is 0 Å². The second kappa shape index (κ2) is 12.2. The Morgan fingerprint density at radius 3 is 2.33 bits per heavy atom. The summed E-state index contributed by atoms with van der Waals surface area (Å²) < 4.78 is 13.1. The minimum atomic E-state index is -1.27. The van der Waals surface area contributed by atoms with Gasteiger partial charge in [-0.1, -0.05) is 72.7 Å². The second-order valence-electron chi connectivity index (χ2n) is 10.2. The van der Waals surface area contributed by atoms with Crippen molar-refractivity contribution in [3.05, 3.63) is 95.6 Å². The van der Waals surface area contributed by atoms with E-state index in [2.05, 4.69) is 50.0 Å². The molecule has 0 radical (unpaired) electrons. The summed E-state index contributed by atoms with van der Waals surface area (Å²) in [5.74, 6) is 1.26. The monoisotopic (exact) mass is 570 g/mol. The largest absolute Gasteiger partial charge is 0.387 e. The van der Waals surface area contributed by atoms with Crippen molar-refractivity contribution in [2.24, 2.45) is 5.73 Å². The number of nitrogens with zero attached hydrogens (tertiary/aromatic N) is 5. The van der Waals surface area contributed by atoms with Crippen LogP contribution >= 0.6 is 0 Å². The SMILES string of the molecule is CCc1cc([C@H]2O[C@@H](n3cnc4c(NCC(c5ccccc5)c5ccccc5)nc(NCCN)nc43)[C@H](O)[C@@H]2O)on1. The molecule has 6 rings (SSSR count). The van der Waals surface area contributed by atoms with E-state index in [1.807, 2.05) is 43.3 Å². The third kappa shape index (κ3) is 5.44. The first kappa shape index (κ1) is 27.8. The van der Waals surface area contributed by atoms with Gasteiger partial charge in [-0.2, -0.15) is 9.97 Å². The van der Waals surface area contributed by atoms with E-state index in [0.717, 1.165) is 16.8 Å². The van der Waals surface area contributed by atoms with Crippen LogP contribution in [0.25, 0.3) is 11.2 Å². The van der Waals surface area contributed by atoms with E-state index >= 15 is 0 Å². The van der Waals surface area contributed by atoms with Crippen LogP contribution < -0.4 is 16.4 Å². The van der Waals surface area contributed by atoms with Crippen LogP contribution in [0.15, 0.2) is 77.6 Å². The zero-order chi connectivity index (χ0) is 29.1. The third-order valence-electron chi connectivity index (χ3n) is 7.46. The van der Waals surface area contributed by atoms with Gasteiger partial charge in [0, 0.05) is 31.6 Å². The number of rotatable bonds is 11. The Balaban J connectivity index is 1.33. The standard InChI is InChI=1S/C30H34N8O4/c1-2-20-15-22(42-37-20)26-24(39)25(40)29(41-26)38-17-34-23-27(35-30(32-14-13-31)36-28(23)38)33-16-21(18-9-5-3-6-10-18)19-11-7-4-8-12-19/h3-12,15,17,21,24-26,29,39-40H,2,13-14,16,31H2,1H3,(H2,32,33,35,36)/t24-,25+,26+,29+/m0/s1. The summed E-state index contributed by atoms with van der Waals surface area (Å²) in [5, 5.41) is 32.5. The number of ether oxygens (including phenoxy) is 1. The molecule has 0 bridgehead atoms. The van der Waals surface area contributed by atoms with Crippen molar-refractivity contribution in [3.8, 4) is 0 Å². The van der Waals surface area contributed by atoms with E-state index in [1.54, 1.807) is 10.6 Å². The predicted octanol–water partition coefficient (Wildman–Crippen LogP) is 2.98. The molecule has 42 heavy (non-hydrogen) atoms. The number of aromatic nitrogens is 5. The second-order valence-corrected chi connectivity index (χ2v) is 10.2. The molecule has 0 spiro atoms. The lowest BCUT2D eigenvalue weighted by Gasteiger charge is -2.20. The molecule has 2 aromatic carbocycles. The van der Waals surface area contributed by atoms with Gasteiger partial charge in [0.15, 0.2) is 29.0 Å². The first-order chi connectivity index (χ1) is 20.6. The van der Waals surface area contributed by atoms with Crippen molar-refractivity contribution in [1.29, 1.82) is 0 Å². The fourth-order valence-corrected chi connectivity index (χ4v) is 5.24. The van der Waals surface area contributed by atoms with Gasteiger partial charge in [0.1, 0.15) is 18.3 Å². The molecular weight excluding hydrogens is 536 g/mol. The molecule has 12 nitrogen and oxygen atoms in total. The zero-order valence-corrected chi connectivity index (χ0v) is 23.2. The van der Waals surface area contributed by atoms with Gasteiger partial charge in [0.2, 0.25) is 5.95 Å². The van der Waals surface area contributed by atoms with Gasteiger partial charge in [-0.25, -0.2) is 4.98 Å². The summed E-state index contributed by atoms with van der Waals surface area (Å²) >= 11 is 0. The molecule has 12 heteroatoms. The van der Waals surface area contributed by atoms with Crippen molar-refractivity contribution in [3.63, 3.8) is 0 Å². The summed E-state index contributed by atoms with van der Waals surface area (Å²) in [7, 11) is 0. The van der Waals surface area contributed by atoms with E-state index in [4.69, 9.17) is 20.0 Å². The molecular formula is C30H34N8O4. The summed E-state index contributed by atoms with van der Waals surface area (Å²) in [6.45, 7) is 3.34. The molecule has 0 unspecified atom stereocenters. The van der Waals surface area contributed by atoms with E-state index in [-0.39, 0.29) is 5.92 Å². The molecule has 1 fully saturated rings. The predicted molar refractivity (Wildman–Crippen MR) is 157 cm³/mol. The van der Waals surface area contributed by atoms with Crippen molar-refractivity contribution in [1.82, 2.24) is 24.7 Å². The lowest BCUT2D eigenvalue weighted by Crippen LogP contribution is -2.29. The van der Waals surface area contributed by atoms with Gasteiger partial charge in [-0.3, -0.25) is 4.57 Å². The maximum atomic E-state index is 11.0. The van der Waals surface area contributed by atoms with Crippen LogP contribution in [-0.4, -0.2) is 66.7 Å². The lowest BCUT2D eigenvalue weighted by atomic mass is 9.91. The molecule has 5 aromatic rings. The average Bonchev–Trinajstić information content (AvgIpc) is 3.75. The minimum Gasteiger partial charge on any atom is -0.387 e. The van der Waals surface area contributed by atoms with Crippen molar-refractivity contribution in [2.75, 3.05) is 30.3 Å². The Bertz CT molecular complexity index is 1570. The lowest BCUT2D eigenvalue weighted by molar-refractivity contribution is -0.0434. The van der Waals surface area contributed by atoms with Crippen LogP contribution in [0, 0.1) is 0 Å². The number of nitrogens with one attached hydrogen (secondary N) is 2. The molecule has 0 aliphatic carbocycles. The first-order valence-electron chi connectivity index (χ1n) is 14.1. The van der Waals surface area contributed by atoms with Gasteiger partial charge in [0.25, 0.3) is 0 Å². The number of nitrogens with two attached hydrogens (primary N) is 1. The maximum Gasteiger partial charge on any atom is 0.226 e. The van der Waals surface area contributed by atoms with E-state index in [0.29, 0.717) is 54.7 Å². The Kier molecular flexibility index (Phi) is 8.11. The summed E-state index contributed by atoms with van der Waals surface area (Å²) in [5.41, 5.74) is 9.71. The fourth-order valence-electron chi connectivity index (χ4n) is 5.24. The molecule has 218 valence electrons. The summed E-state index contributed by atoms with van der Waals surface area (Å²) in [4.78, 5) is 14.0. The number of imidazole rings is 1. The van der Waals surface area contributed by atoms with Crippen LogP contribution in [0.3, 0.4) is 0 Å². The van der Waals surface area contributed by atoms with Crippen LogP contribution in [0.5, 0.6) is 0 Å². The topological polar surface area (TPSA) is 169 Å². The quantitative estimate of drug-likeness (QED) is 0.158. The number of hydrogen-bond acceptors (Lipinski definition) is 11. The molecule has 1 aliphatic rings. The van der Waals surface area contributed by atoms with Crippen LogP contribution in [-0.2, 0) is 11.2 Å². The molecule has 4 atom stereocenters. The number of hydrogen-bond donors (Lipinski definition) is 5. The first-order valence-corrected chi connectivity index (χ1v) is 14.1. The van der Waals surface area contributed by atoms with Crippen molar-refractivity contribution >= 4 is 22.9 Å². The minimum absolute atomic E-state index is 0.0470. The summed E-state index contributed by atoms with van der Waals surface area (Å²) in [6.07, 6.45) is -2.18. The maximum absolute atomic E-state index is 11.0. The number of anilines is 2. The third-order valence-corrected chi connectivity index (χ3v) is 7.46. The highest BCUT2D eigenvalue weighted by Crippen LogP contribution is 2.40. The molecule has 1 saturated heterocycles. The van der Waals surface area contributed by atoms with Crippen LogP contribution in [0.1, 0.15) is 47.8 Å². The number of aliphatic hydroxyl groups is 2. The van der Waals surface area contributed by atoms with Crippen molar-refractivity contribution < 1.29 is 19.5 Å². The van der Waals surface area contributed by atoms with Gasteiger partial charge in [-0.05, 0) is 17.5 Å². The molecule has 3 aromatic heterocycles. The van der Waals surface area contributed by atoms with E-state index in [1.165, 1.54) is 6.33 Å². The Hall–Kier alpha value is -4.36. The number of benzene rings is 2. The molecule has 4 heterocycles. The van der Waals surface area contributed by atoms with E-state index < -0.39 is 24.5 Å². The normalized spacial score (nSPS) is 20.4. The molecule has 0 saturated carbocycles. The fraction of sp³-hybridized carbons (Fsp3) is 0.333. The van der Waals surface area contributed by atoms with Gasteiger partial charge in [0.05, 0.1) is 12.0 Å². The Morgan fingerprint density at radius 2 is 1.69 bits per heavy atom. The van der Waals surface area contributed by atoms with Crippen LogP contribution in [0.4, 0.5) is 11.8 Å². The molecule has 6 N–H and O–H groups in total. The number of aryl methyl sites for hydroxylation is 1.